The largest absolute Gasteiger partial charge is 0.467 e. The number of thiophene rings is 1. The van der Waals surface area contributed by atoms with E-state index in [0.29, 0.717) is 23.4 Å². The Hall–Kier alpha value is -2.46. The van der Waals surface area contributed by atoms with Crippen molar-refractivity contribution in [1.29, 1.82) is 0 Å². The third-order valence-corrected chi connectivity index (χ3v) is 7.46. The lowest BCUT2D eigenvalue weighted by atomic mass is 9.89. The van der Waals surface area contributed by atoms with Crippen molar-refractivity contribution in [3.8, 4) is 0 Å². The summed E-state index contributed by atoms with van der Waals surface area (Å²) < 4.78 is 7.06. The molecule has 5 rings (SSSR count). The summed E-state index contributed by atoms with van der Waals surface area (Å²) in [5, 5.41) is 13.3. The Labute approximate surface area is 174 Å². The number of H-pyrrole nitrogens is 1. The highest BCUT2D eigenvalue weighted by Gasteiger charge is 2.24. The van der Waals surface area contributed by atoms with E-state index >= 15 is 0 Å². The van der Waals surface area contributed by atoms with Gasteiger partial charge in [0.1, 0.15) is 23.0 Å². The summed E-state index contributed by atoms with van der Waals surface area (Å²) in [5.41, 5.74) is 1.16. The van der Waals surface area contributed by atoms with Crippen LogP contribution in [-0.2, 0) is 19.4 Å². The van der Waals surface area contributed by atoms with Crippen molar-refractivity contribution in [3.63, 3.8) is 0 Å². The van der Waals surface area contributed by atoms with E-state index in [2.05, 4.69) is 27.4 Å². The molecule has 2 atom stereocenters. The number of thioether (sulfide) groups is 1. The maximum Gasteiger partial charge on any atom is 0.259 e. The van der Waals surface area contributed by atoms with Crippen molar-refractivity contribution in [3.05, 3.63) is 50.8 Å². The lowest BCUT2D eigenvalue weighted by Gasteiger charge is -2.17. The smallest absolute Gasteiger partial charge is 0.259 e. The number of hydrogen-bond donors (Lipinski definition) is 1. The highest BCUT2D eigenvalue weighted by atomic mass is 32.2. The van der Waals surface area contributed by atoms with Crippen molar-refractivity contribution >= 4 is 33.3 Å². The first-order valence-corrected chi connectivity index (χ1v) is 11.3. The second kappa shape index (κ2) is 7.42. The molecule has 0 saturated heterocycles. The van der Waals surface area contributed by atoms with Gasteiger partial charge < -0.3 is 9.40 Å². The molecule has 1 N–H and O–H groups in total. The van der Waals surface area contributed by atoms with Crippen molar-refractivity contribution in [1.82, 2.24) is 30.2 Å². The number of hydrogen-bond acceptors (Lipinski definition) is 8. The van der Waals surface area contributed by atoms with Gasteiger partial charge in [0.25, 0.3) is 5.56 Å². The van der Waals surface area contributed by atoms with Gasteiger partial charge in [-0.1, -0.05) is 18.7 Å². The zero-order valence-corrected chi connectivity index (χ0v) is 17.7. The average molecular weight is 429 g/mol. The van der Waals surface area contributed by atoms with Gasteiger partial charge in [-0.2, -0.15) is 0 Å². The van der Waals surface area contributed by atoms with Crippen molar-refractivity contribution in [2.24, 2.45) is 5.92 Å². The van der Waals surface area contributed by atoms with Gasteiger partial charge in [0.05, 0.1) is 16.9 Å². The Morgan fingerprint density at radius 1 is 1.48 bits per heavy atom. The molecule has 0 aliphatic heterocycles. The first-order valence-electron chi connectivity index (χ1n) is 9.58. The fourth-order valence-electron chi connectivity index (χ4n) is 3.70. The molecule has 4 aromatic heterocycles. The average Bonchev–Trinajstić information content (AvgIpc) is 3.42. The zero-order chi connectivity index (χ0) is 20.0. The van der Waals surface area contributed by atoms with Gasteiger partial charge in [0.2, 0.25) is 5.16 Å². The summed E-state index contributed by atoms with van der Waals surface area (Å²) in [4.78, 5) is 22.8. The first kappa shape index (κ1) is 18.6. The van der Waals surface area contributed by atoms with E-state index in [-0.39, 0.29) is 10.8 Å². The number of aromatic amines is 1. The van der Waals surface area contributed by atoms with E-state index in [1.54, 1.807) is 22.3 Å². The number of rotatable bonds is 5. The van der Waals surface area contributed by atoms with Gasteiger partial charge in [0.15, 0.2) is 0 Å². The predicted molar refractivity (Wildman–Crippen MR) is 111 cm³/mol. The molecule has 1 aliphatic rings. The molecule has 29 heavy (non-hydrogen) atoms. The molecule has 4 aromatic rings. The monoisotopic (exact) mass is 428 g/mol. The van der Waals surface area contributed by atoms with E-state index in [9.17, 15) is 4.79 Å². The Morgan fingerprint density at radius 2 is 2.38 bits per heavy atom. The fraction of sp³-hybridized carbons (Fsp3) is 0.421. The molecule has 10 heteroatoms. The van der Waals surface area contributed by atoms with Crippen molar-refractivity contribution < 1.29 is 4.42 Å². The van der Waals surface area contributed by atoms with Crippen LogP contribution in [0.5, 0.6) is 0 Å². The SMILES string of the molecule is C[C@H]1CCc2c(sc3nc([C@H](C)Sc4nnnn4Cc4ccco4)[nH]c(=O)c23)C1. The quantitative estimate of drug-likeness (QED) is 0.485. The van der Waals surface area contributed by atoms with Gasteiger partial charge in [-0.05, 0) is 60.2 Å². The van der Waals surface area contributed by atoms with Gasteiger partial charge >= 0.3 is 0 Å². The second-order valence-electron chi connectivity index (χ2n) is 7.44. The minimum atomic E-state index is -0.105. The number of aromatic nitrogens is 6. The summed E-state index contributed by atoms with van der Waals surface area (Å²) in [6.45, 7) is 4.71. The predicted octanol–water partition coefficient (Wildman–Crippen LogP) is 3.59. The topological polar surface area (TPSA) is 102 Å². The number of furan rings is 1. The van der Waals surface area contributed by atoms with Crippen LogP contribution in [0.2, 0.25) is 0 Å². The third-order valence-electron chi connectivity index (χ3n) is 5.24. The molecule has 1 aliphatic carbocycles. The lowest BCUT2D eigenvalue weighted by molar-refractivity contribution is 0.462. The maximum atomic E-state index is 12.8. The van der Waals surface area contributed by atoms with E-state index in [1.165, 1.54) is 22.2 Å². The van der Waals surface area contributed by atoms with Gasteiger partial charge in [-0.3, -0.25) is 4.79 Å². The lowest BCUT2D eigenvalue weighted by Crippen LogP contribution is -2.15. The van der Waals surface area contributed by atoms with Crippen LogP contribution >= 0.6 is 23.1 Å². The molecular formula is C19H20N6O2S2. The maximum absolute atomic E-state index is 12.8. The minimum absolute atomic E-state index is 0.0420. The van der Waals surface area contributed by atoms with Crippen LogP contribution in [0.1, 0.15) is 47.5 Å². The fourth-order valence-corrected chi connectivity index (χ4v) is 5.94. The molecule has 0 amide bonds. The molecule has 150 valence electrons. The van der Waals surface area contributed by atoms with E-state index in [4.69, 9.17) is 9.40 Å². The molecule has 0 unspecified atom stereocenters. The molecule has 0 bridgehead atoms. The standard InChI is InChI=1S/C19H20N6O2S2/c1-10-5-6-13-14(8-10)29-18-15(13)17(26)20-16(21-18)11(2)28-19-22-23-24-25(19)9-12-4-3-7-27-12/h3-4,7,10-11H,5-6,8-9H2,1-2H3,(H,20,21,26)/t10-,11-/m0/s1. The molecular weight excluding hydrogens is 408 g/mol. The third kappa shape index (κ3) is 3.51. The number of tetrazole rings is 1. The molecule has 0 fully saturated rings. The summed E-state index contributed by atoms with van der Waals surface area (Å²) in [6, 6.07) is 3.71. The van der Waals surface area contributed by atoms with Gasteiger partial charge in [-0.15, -0.1) is 16.4 Å². The minimum Gasteiger partial charge on any atom is -0.467 e. The Bertz CT molecular complexity index is 1210. The highest BCUT2D eigenvalue weighted by Crippen LogP contribution is 2.37. The van der Waals surface area contributed by atoms with Gasteiger partial charge in [0, 0.05) is 4.88 Å². The molecule has 4 heterocycles. The zero-order valence-electron chi connectivity index (χ0n) is 16.1. The Morgan fingerprint density at radius 3 is 3.21 bits per heavy atom. The molecule has 0 aromatic carbocycles. The van der Waals surface area contributed by atoms with E-state index in [0.717, 1.165) is 35.2 Å². The van der Waals surface area contributed by atoms with Crippen molar-refractivity contribution in [2.75, 3.05) is 0 Å². The van der Waals surface area contributed by atoms with Crippen LogP contribution in [0.3, 0.4) is 0 Å². The molecule has 8 nitrogen and oxygen atoms in total. The van der Waals surface area contributed by atoms with Crippen LogP contribution in [0, 0.1) is 5.92 Å². The highest BCUT2D eigenvalue weighted by molar-refractivity contribution is 7.99. The van der Waals surface area contributed by atoms with Crippen LogP contribution in [0.25, 0.3) is 10.2 Å². The van der Waals surface area contributed by atoms with Crippen LogP contribution < -0.4 is 5.56 Å². The summed E-state index contributed by atoms with van der Waals surface area (Å²) in [6.07, 6.45) is 4.76. The Balaban J connectivity index is 1.43. The second-order valence-corrected chi connectivity index (χ2v) is 9.83. The van der Waals surface area contributed by atoms with E-state index < -0.39 is 0 Å². The van der Waals surface area contributed by atoms with E-state index in [1.807, 2.05) is 19.1 Å². The van der Waals surface area contributed by atoms with Crippen LogP contribution in [-0.4, -0.2) is 30.2 Å². The first-order chi connectivity index (χ1) is 14.1. The molecule has 0 radical (unpaired) electrons. The Kier molecular flexibility index (Phi) is 4.75. The van der Waals surface area contributed by atoms with Crippen molar-refractivity contribution in [2.45, 2.75) is 50.1 Å². The summed E-state index contributed by atoms with van der Waals surface area (Å²) >= 11 is 3.13. The number of nitrogens with one attached hydrogen (secondary N) is 1. The normalized spacial score (nSPS) is 17.5. The summed E-state index contributed by atoms with van der Waals surface area (Å²) in [5.74, 6) is 2.08. The number of fused-ring (bicyclic) bond motifs is 3. The molecule has 0 saturated carbocycles. The number of aryl methyl sites for hydroxylation is 1. The van der Waals surface area contributed by atoms with Crippen LogP contribution in [0.4, 0.5) is 0 Å². The summed E-state index contributed by atoms with van der Waals surface area (Å²) in [7, 11) is 0. The van der Waals surface area contributed by atoms with Crippen LogP contribution in [0.15, 0.2) is 32.8 Å². The molecule has 0 spiro atoms. The number of nitrogens with zero attached hydrogens (tertiary/aromatic N) is 5. The van der Waals surface area contributed by atoms with Gasteiger partial charge in [-0.25, -0.2) is 9.67 Å².